The normalized spacial score (nSPS) is 10.9. The highest BCUT2D eigenvalue weighted by molar-refractivity contribution is 9.10. The number of amides is 1. The Labute approximate surface area is 171 Å². The van der Waals surface area contributed by atoms with Crippen LogP contribution in [0.2, 0.25) is 0 Å². The van der Waals surface area contributed by atoms with Crippen LogP contribution in [-0.4, -0.2) is 33.1 Å². The first-order valence-corrected chi connectivity index (χ1v) is 9.65. The van der Waals surface area contributed by atoms with Gasteiger partial charge in [0.15, 0.2) is 5.82 Å². The average molecular weight is 470 g/mol. The zero-order valence-corrected chi connectivity index (χ0v) is 16.6. The zero-order valence-electron chi connectivity index (χ0n) is 14.2. The number of nitrogen functional groups attached to an aromatic ring is 1. The van der Waals surface area contributed by atoms with E-state index in [0.29, 0.717) is 22.2 Å². The highest BCUT2D eigenvalue weighted by atomic mass is 79.9. The van der Waals surface area contributed by atoms with E-state index < -0.39 is 6.61 Å². The highest BCUT2D eigenvalue weighted by Crippen LogP contribution is 2.25. The second-order valence-electron chi connectivity index (χ2n) is 5.40. The molecule has 1 amide bonds. The van der Waals surface area contributed by atoms with Gasteiger partial charge in [0.05, 0.1) is 11.4 Å². The lowest BCUT2D eigenvalue weighted by molar-refractivity contribution is -0.113. The minimum atomic E-state index is -2.89. The topological polar surface area (TPSA) is 95.1 Å². The van der Waals surface area contributed by atoms with E-state index in [1.165, 1.54) is 16.8 Å². The van der Waals surface area contributed by atoms with Crippen LogP contribution in [0.3, 0.4) is 0 Å². The van der Waals surface area contributed by atoms with Crippen molar-refractivity contribution in [3.05, 3.63) is 53.0 Å². The van der Waals surface area contributed by atoms with E-state index in [4.69, 9.17) is 5.84 Å². The summed E-state index contributed by atoms with van der Waals surface area (Å²) in [6.07, 6.45) is 0. The SMILES string of the molecule is Nn1c(SCC(=O)Nc2ccccc2Br)nnc1-c1ccc(OC(F)F)cc1. The molecular weight excluding hydrogens is 456 g/mol. The first kappa shape index (κ1) is 20.1. The number of anilines is 1. The van der Waals surface area contributed by atoms with Crippen molar-refractivity contribution in [3.8, 4) is 17.1 Å². The number of nitrogens with zero attached hydrogens (tertiary/aromatic N) is 3. The van der Waals surface area contributed by atoms with E-state index in [1.54, 1.807) is 18.2 Å². The number of hydrogen-bond acceptors (Lipinski definition) is 6. The Balaban J connectivity index is 1.63. The first-order chi connectivity index (χ1) is 13.4. The second kappa shape index (κ2) is 9.02. The number of rotatable bonds is 7. The van der Waals surface area contributed by atoms with Gasteiger partial charge in [0, 0.05) is 10.0 Å². The number of alkyl halides is 2. The summed E-state index contributed by atoms with van der Waals surface area (Å²) in [7, 11) is 0. The molecule has 146 valence electrons. The van der Waals surface area contributed by atoms with Crippen molar-refractivity contribution < 1.29 is 18.3 Å². The van der Waals surface area contributed by atoms with Crippen molar-refractivity contribution in [2.75, 3.05) is 16.9 Å². The number of aromatic nitrogens is 3. The van der Waals surface area contributed by atoms with Crippen LogP contribution in [0, 0.1) is 0 Å². The number of carbonyl (C=O) groups excluding carboxylic acids is 1. The molecule has 28 heavy (non-hydrogen) atoms. The Bertz CT molecular complexity index is 968. The fraction of sp³-hybridized carbons (Fsp3) is 0.118. The monoisotopic (exact) mass is 469 g/mol. The molecule has 1 aromatic heterocycles. The molecule has 0 aliphatic heterocycles. The summed E-state index contributed by atoms with van der Waals surface area (Å²) in [4.78, 5) is 12.1. The Hall–Kier alpha value is -2.66. The Morgan fingerprint density at radius 2 is 1.93 bits per heavy atom. The number of halogens is 3. The molecule has 0 fully saturated rings. The molecule has 11 heteroatoms. The summed E-state index contributed by atoms with van der Waals surface area (Å²) in [5.74, 6) is 6.21. The Morgan fingerprint density at radius 3 is 2.61 bits per heavy atom. The highest BCUT2D eigenvalue weighted by Gasteiger charge is 2.15. The third-order valence-electron chi connectivity index (χ3n) is 3.48. The largest absolute Gasteiger partial charge is 0.435 e. The maximum atomic E-state index is 12.2. The van der Waals surface area contributed by atoms with Gasteiger partial charge in [0.1, 0.15) is 5.75 Å². The average Bonchev–Trinajstić information content (AvgIpc) is 3.03. The zero-order chi connectivity index (χ0) is 20.1. The molecule has 0 bridgehead atoms. The minimum Gasteiger partial charge on any atom is -0.435 e. The molecule has 2 aromatic carbocycles. The fourth-order valence-corrected chi connectivity index (χ4v) is 3.28. The van der Waals surface area contributed by atoms with Gasteiger partial charge < -0.3 is 15.9 Å². The van der Waals surface area contributed by atoms with E-state index in [0.717, 1.165) is 16.2 Å². The standard InChI is InChI=1S/C17H14BrF2N5O2S/c18-12-3-1-2-4-13(12)22-14(26)9-28-17-24-23-15(25(17)21)10-5-7-11(8-6-10)27-16(19)20/h1-8,16H,9,21H2,(H,22,26). The van der Waals surface area contributed by atoms with Gasteiger partial charge in [-0.15, -0.1) is 10.2 Å². The molecule has 3 rings (SSSR count). The molecule has 1 heterocycles. The van der Waals surface area contributed by atoms with Crippen molar-refractivity contribution in [3.63, 3.8) is 0 Å². The van der Waals surface area contributed by atoms with Gasteiger partial charge in [0.25, 0.3) is 0 Å². The molecule has 0 unspecified atom stereocenters. The lowest BCUT2D eigenvalue weighted by atomic mass is 10.2. The number of carbonyl (C=O) groups is 1. The third-order valence-corrected chi connectivity index (χ3v) is 5.12. The van der Waals surface area contributed by atoms with Crippen LogP contribution in [0.4, 0.5) is 14.5 Å². The summed E-state index contributed by atoms with van der Waals surface area (Å²) in [5, 5.41) is 11.1. The van der Waals surface area contributed by atoms with Gasteiger partial charge >= 0.3 is 6.61 Å². The molecule has 3 aromatic rings. The number of nitrogens with two attached hydrogens (primary N) is 1. The van der Waals surface area contributed by atoms with Gasteiger partial charge in [-0.05, 0) is 52.3 Å². The smallest absolute Gasteiger partial charge is 0.387 e. The summed E-state index contributed by atoms with van der Waals surface area (Å²) in [5.41, 5.74) is 1.23. The minimum absolute atomic E-state index is 0.0279. The molecule has 0 aliphatic carbocycles. The number of hydrogen-bond donors (Lipinski definition) is 2. The molecule has 7 nitrogen and oxygen atoms in total. The van der Waals surface area contributed by atoms with Gasteiger partial charge in [0.2, 0.25) is 11.1 Å². The van der Waals surface area contributed by atoms with Crippen LogP contribution in [0.1, 0.15) is 0 Å². The summed E-state index contributed by atoms with van der Waals surface area (Å²) < 4.78 is 30.7. The van der Waals surface area contributed by atoms with Crippen molar-refractivity contribution in [2.45, 2.75) is 11.8 Å². The lowest BCUT2D eigenvalue weighted by Crippen LogP contribution is -2.16. The van der Waals surface area contributed by atoms with Crippen LogP contribution < -0.4 is 15.9 Å². The van der Waals surface area contributed by atoms with E-state index in [9.17, 15) is 13.6 Å². The van der Waals surface area contributed by atoms with Crippen molar-refractivity contribution in [1.29, 1.82) is 0 Å². The summed E-state index contributed by atoms with van der Waals surface area (Å²) >= 11 is 4.48. The molecule has 0 spiro atoms. The van der Waals surface area contributed by atoms with Crippen LogP contribution in [0.25, 0.3) is 11.4 Å². The van der Waals surface area contributed by atoms with Gasteiger partial charge in [-0.1, -0.05) is 23.9 Å². The summed E-state index contributed by atoms with van der Waals surface area (Å²) in [6, 6.07) is 13.1. The van der Waals surface area contributed by atoms with Gasteiger partial charge in [-0.3, -0.25) is 4.79 Å². The molecule has 3 N–H and O–H groups in total. The molecule has 0 saturated heterocycles. The molecule has 0 radical (unpaired) electrons. The maximum absolute atomic E-state index is 12.2. The number of nitrogens with one attached hydrogen (secondary N) is 1. The van der Waals surface area contributed by atoms with E-state index in [-0.39, 0.29) is 17.4 Å². The number of thioether (sulfide) groups is 1. The van der Waals surface area contributed by atoms with Crippen LogP contribution in [0.15, 0.2) is 58.2 Å². The van der Waals surface area contributed by atoms with E-state index in [2.05, 4.69) is 36.2 Å². The van der Waals surface area contributed by atoms with Gasteiger partial charge in [-0.2, -0.15) is 8.78 Å². The molecular formula is C17H14BrF2N5O2S. The predicted octanol–water partition coefficient (Wildman–Crippen LogP) is 3.75. The quantitative estimate of drug-likeness (QED) is 0.404. The van der Waals surface area contributed by atoms with E-state index in [1.807, 2.05) is 18.2 Å². The van der Waals surface area contributed by atoms with Crippen molar-refractivity contribution in [1.82, 2.24) is 14.9 Å². The van der Waals surface area contributed by atoms with Crippen molar-refractivity contribution >= 4 is 39.3 Å². The van der Waals surface area contributed by atoms with Crippen LogP contribution >= 0.6 is 27.7 Å². The number of para-hydroxylation sites is 1. The summed E-state index contributed by atoms with van der Waals surface area (Å²) in [6.45, 7) is -2.89. The Kier molecular flexibility index (Phi) is 6.47. The number of benzene rings is 2. The molecule has 0 atom stereocenters. The third kappa shape index (κ3) is 4.98. The van der Waals surface area contributed by atoms with Crippen LogP contribution in [0.5, 0.6) is 5.75 Å². The Morgan fingerprint density at radius 1 is 1.21 bits per heavy atom. The van der Waals surface area contributed by atoms with E-state index >= 15 is 0 Å². The number of ether oxygens (including phenoxy) is 1. The maximum Gasteiger partial charge on any atom is 0.387 e. The molecule has 0 aliphatic rings. The second-order valence-corrected chi connectivity index (χ2v) is 7.19. The fourth-order valence-electron chi connectivity index (χ4n) is 2.24. The molecule has 0 saturated carbocycles. The lowest BCUT2D eigenvalue weighted by Gasteiger charge is -2.07. The van der Waals surface area contributed by atoms with Crippen molar-refractivity contribution in [2.24, 2.45) is 0 Å². The van der Waals surface area contributed by atoms with Crippen LogP contribution in [-0.2, 0) is 4.79 Å². The first-order valence-electron chi connectivity index (χ1n) is 7.87. The predicted molar refractivity (Wildman–Crippen MR) is 106 cm³/mol. The van der Waals surface area contributed by atoms with Gasteiger partial charge in [-0.25, -0.2) is 4.68 Å².